The second-order valence-electron chi connectivity index (χ2n) is 13.8. The summed E-state index contributed by atoms with van der Waals surface area (Å²) in [7, 11) is 0. The van der Waals surface area contributed by atoms with Crippen LogP contribution in [0.2, 0.25) is 0 Å². The topological polar surface area (TPSA) is 6.48 Å². The molecule has 2 aliphatic carbocycles. The maximum absolute atomic E-state index is 2.63. The molecule has 2 aliphatic heterocycles. The minimum absolute atomic E-state index is 0.202. The summed E-state index contributed by atoms with van der Waals surface area (Å²) in [5, 5.41) is 0. The molecule has 4 aliphatic rings. The first-order valence-electron chi connectivity index (χ1n) is 16.7. The fraction of sp³-hybridized carbons (Fsp3) is 0.268. The zero-order chi connectivity index (χ0) is 29.5. The van der Waals surface area contributed by atoms with E-state index in [4.69, 9.17) is 0 Å². The lowest BCUT2D eigenvalue weighted by atomic mass is 9.33. The Morgan fingerprint density at radius 2 is 1.00 bits per heavy atom. The van der Waals surface area contributed by atoms with Gasteiger partial charge in [-0.25, -0.2) is 0 Å². The van der Waals surface area contributed by atoms with Crippen LogP contribution in [-0.2, 0) is 25.7 Å². The Hall–Kier alpha value is -4.24. The van der Waals surface area contributed by atoms with Gasteiger partial charge in [-0.05, 0) is 165 Å². The van der Waals surface area contributed by atoms with Gasteiger partial charge in [-0.3, -0.25) is 0 Å². The van der Waals surface area contributed by atoms with Gasteiger partial charge < -0.3 is 9.80 Å². The highest BCUT2D eigenvalue weighted by atomic mass is 15.2. The summed E-state index contributed by atoms with van der Waals surface area (Å²) in [4.78, 5) is 5.17. The van der Waals surface area contributed by atoms with Crippen LogP contribution in [-0.4, -0.2) is 6.71 Å². The number of rotatable bonds is 2. The van der Waals surface area contributed by atoms with Crippen LogP contribution in [0.3, 0.4) is 0 Å². The number of hydrogen-bond acceptors (Lipinski definition) is 2. The number of benzene rings is 5. The van der Waals surface area contributed by atoms with Gasteiger partial charge in [0.05, 0.1) is 0 Å². The van der Waals surface area contributed by atoms with Crippen molar-refractivity contribution in [3.8, 4) is 0 Å². The van der Waals surface area contributed by atoms with Crippen molar-refractivity contribution in [3.63, 3.8) is 0 Å². The predicted molar refractivity (Wildman–Crippen MR) is 188 cm³/mol. The number of fused-ring (bicyclic) bond motifs is 6. The van der Waals surface area contributed by atoms with Crippen molar-refractivity contribution in [3.05, 3.63) is 124 Å². The minimum atomic E-state index is 0.202. The zero-order valence-electron chi connectivity index (χ0n) is 26.2. The van der Waals surface area contributed by atoms with Crippen LogP contribution < -0.4 is 26.2 Å². The quantitative estimate of drug-likeness (QED) is 0.193. The molecule has 2 heterocycles. The molecule has 0 radical (unpaired) electrons. The van der Waals surface area contributed by atoms with E-state index in [0.717, 1.165) is 0 Å². The van der Waals surface area contributed by atoms with Crippen LogP contribution in [0.15, 0.2) is 84.9 Å². The van der Waals surface area contributed by atoms with Gasteiger partial charge in [0.25, 0.3) is 6.71 Å². The predicted octanol–water partition coefficient (Wildman–Crippen LogP) is 8.45. The van der Waals surface area contributed by atoms with Crippen molar-refractivity contribution < 1.29 is 0 Å². The van der Waals surface area contributed by atoms with Gasteiger partial charge in [-0.15, -0.1) is 0 Å². The Bertz CT molecular complexity index is 1970. The molecule has 0 fully saturated rings. The molecule has 0 unspecified atom stereocenters. The third kappa shape index (κ3) is 3.94. The molecule has 3 heteroatoms. The van der Waals surface area contributed by atoms with Crippen LogP contribution in [0, 0.1) is 20.8 Å². The SMILES string of the molecule is Cc1ccc(N2c3ccc(C)cc3B3c4cc5c(cc4N(c4ccc6c(c4)CCCC6)c4cc(C)cc2c43)CCCC5)cc1. The average Bonchev–Trinajstić information content (AvgIpc) is 3.04. The van der Waals surface area contributed by atoms with Crippen LogP contribution in [0.5, 0.6) is 0 Å². The molecule has 5 aromatic rings. The maximum atomic E-state index is 2.63. The van der Waals surface area contributed by atoms with Gasteiger partial charge in [0.15, 0.2) is 0 Å². The van der Waals surface area contributed by atoms with Crippen LogP contribution >= 0.6 is 0 Å². The number of anilines is 6. The van der Waals surface area contributed by atoms with Gasteiger partial charge in [-0.1, -0.05) is 47.5 Å². The number of hydrogen-bond donors (Lipinski definition) is 0. The van der Waals surface area contributed by atoms with Crippen LogP contribution in [0.4, 0.5) is 34.1 Å². The Morgan fingerprint density at radius 3 is 1.73 bits per heavy atom. The van der Waals surface area contributed by atoms with Crippen molar-refractivity contribution in [2.45, 2.75) is 72.1 Å². The van der Waals surface area contributed by atoms with E-state index in [-0.39, 0.29) is 6.71 Å². The first-order chi connectivity index (χ1) is 21.5. The molecule has 0 bridgehead atoms. The fourth-order valence-corrected chi connectivity index (χ4v) is 8.60. The van der Waals surface area contributed by atoms with E-state index in [1.165, 1.54) is 119 Å². The first-order valence-corrected chi connectivity index (χ1v) is 16.7. The molecule has 2 nitrogen and oxygen atoms in total. The highest BCUT2D eigenvalue weighted by molar-refractivity contribution is 7.00. The van der Waals surface area contributed by atoms with Crippen molar-refractivity contribution in [1.82, 2.24) is 0 Å². The second-order valence-corrected chi connectivity index (χ2v) is 13.8. The van der Waals surface area contributed by atoms with Gasteiger partial charge in [-0.2, -0.15) is 0 Å². The Labute approximate surface area is 262 Å². The molecule has 5 aromatic carbocycles. The number of nitrogens with zero attached hydrogens (tertiary/aromatic N) is 2. The molecular weight excluding hydrogens is 531 g/mol. The summed E-state index contributed by atoms with van der Waals surface area (Å²) in [5.41, 5.74) is 22.3. The molecule has 0 atom stereocenters. The molecule has 216 valence electrons. The second kappa shape index (κ2) is 9.89. The average molecular weight is 571 g/mol. The zero-order valence-corrected chi connectivity index (χ0v) is 26.2. The molecule has 0 amide bonds. The van der Waals surface area contributed by atoms with E-state index in [9.17, 15) is 0 Å². The lowest BCUT2D eigenvalue weighted by Gasteiger charge is -2.45. The van der Waals surface area contributed by atoms with Gasteiger partial charge in [0.2, 0.25) is 0 Å². The molecule has 9 rings (SSSR count). The first kappa shape index (κ1) is 26.2. The Kier molecular flexibility index (Phi) is 5.89. The molecule has 0 spiro atoms. The molecule has 0 saturated carbocycles. The van der Waals surface area contributed by atoms with E-state index in [1.54, 1.807) is 22.3 Å². The molecule has 0 saturated heterocycles. The fourth-order valence-electron chi connectivity index (χ4n) is 8.60. The van der Waals surface area contributed by atoms with E-state index >= 15 is 0 Å². The van der Waals surface area contributed by atoms with Crippen molar-refractivity contribution in [2.75, 3.05) is 9.80 Å². The smallest absolute Gasteiger partial charge is 0.252 e. The van der Waals surface area contributed by atoms with E-state index in [2.05, 4.69) is 116 Å². The minimum Gasteiger partial charge on any atom is -0.311 e. The van der Waals surface area contributed by atoms with Crippen molar-refractivity contribution in [2.24, 2.45) is 0 Å². The van der Waals surface area contributed by atoms with E-state index in [1.807, 2.05) is 0 Å². The Balaban J connectivity index is 1.37. The summed E-state index contributed by atoms with van der Waals surface area (Å²) in [6, 6.07) is 33.6. The van der Waals surface area contributed by atoms with Gasteiger partial charge in [0.1, 0.15) is 0 Å². The maximum Gasteiger partial charge on any atom is 0.252 e. The summed E-state index contributed by atoms with van der Waals surface area (Å²) < 4.78 is 0. The van der Waals surface area contributed by atoms with Crippen LogP contribution in [0.1, 0.15) is 64.6 Å². The molecule has 0 N–H and O–H groups in total. The highest BCUT2D eigenvalue weighted by Gasteiger charge is 2.44. The monoisotopic (exact) mass is 570 g/mol. The van der Waals surface area contributed by atoms with Crippen molar-refractivity contribution in [1.29, 1.82) is 0 Å². The highest BCUT2D eigenvalue weighted by Crippen LogP contribution is 2.46. The number of aryl methyl sites for hydroxylation is 7. The van der Waals surface area contributed by atoms with Gasteiger partial charge in [0, 0.05) is 34.1 Å². The van der Waals surface area contributed by atoms with E-state index < -0.39 is 0 Å². The summed E-state index contributed by atoms with van der Waals surface area (Å²) >= 11 is 0. The summed E-state index contributed by atoms with van der Waals surface area (Å²) in [5.74, 6) is 0. The third-order valence-electron chi connectivity index (χ3n) is 10.7. The Morgan fingerprint density at radius 1 is 0.432 bits per heavy atom. The van der Waals surface area contributed by atoms with Crippen LogP contribution in [0.25, 0.3) is 0 Å². The third-order valence-corrected chi connectivity index (χ3v) is 10.7. The lowest BCUT2D eigenvalue weighted by Crippen LogP contribution is -2.61. The van der Waals surface area contributed by atoms with Gasteiger partial charge >= 0.3 is 0 Å². The molecular formula is C41H39BN2. The normalized spacial score (nSPS) is 16.1. The van der Waals surface area contributed by atoms with E-state index in [0.29, 0.717) is 0 Å². The molecule has 0 aromatic heterocycles. The van der Waals surface area contributed by atoms with Crippen molar-refractivity contribution >= 4 is 57.2 Å². The standard InChI is InChI=1S/C41H39BN2/c1-26-12-16-33(17-13-26)43-37-19-14-27(2)20-35(37)42-36-24-31-10-6-7-11-32(31)25-38(36)44(40-22-28(3)21-39(43)41(40)42)34-18-15-29-8-4-5-9-30(29)23-34/h12-25H,4-11H2,1-3H3. The summed E-state index contributed by atoms with van der Waals surface area (Å²) in [6.07, 6.45) is 9.98. The lowest BCUT2D eigenvalue weighted by molar-refractivity contribution is 0.685. The summed E-state index contributed by atoms with van der Waals surface area (Å²) in [6.45, 7) is 6.90. The largest absolute Gasteiger partial charge is 0.311 e. The molecule has 44 heavy (non-hydrogen) atoms.